The van der Waals surface area contributed by atoms with Crippen LogP contribution in [0.1, 0.15) is 33.1 Å². The highest BCUT2D eigenvalue weighted by atomic mass is 16.5. The van der Waals surface area contributed by atoms with Gasteiger partial charge in [0.15, 0.2) is 5.41 Å². The van der Waals surface area contributed by atoms with E-state index in [1.807, 2.05) is 0 Å². The highest BCUT2D eigenvalue weighted by Crippen LogP contribution is 2.41. The molecule has 126 valence electrons. The minimum atomic E-state index is -1.51. The number of methoxy groups -OCH3 is 2. The third kappa shape index (κ3) is 4.13. The molecule has 2 atom stereocenters. The summed E-state index contributed by atoms with van der Waals surface area (Å²) in [5, 5.41) is 0. The number of carbonyl (C=O) groups is 3. The first-order valence-corrected chi connectivity index (χ1v) is 7.34. The van der Waals surface area contributed by atoms with Crippen LogP contribution < -0.4 is 0 Å². The molecule has 0 saturated heterocycles. The normalized spacial score (nSPS) is 20.0. The van der Waals surface area contributed by atoms with Crippen molar-refractivity contribution in [2.75, 3.05) is 14.2 Å². The van der Waals surface area contributed by atoms with Crippen LogP contribution in [0.3, 0.4) is 0 Å². The van der Waals surface area contributed by atoms with Gasteiger partial charge in [0.1, 0.15) is 6.10 Å². The standard InChI is InChI=1S/C17H22O6/c1-5-6-11-17(15(19)21-3,16(20)22-4)13-7-9-14(10-8-13)23-12(2)18/h7,9,13-14H,8,10-11H2,1-4H3/t13-,14+/m0/s1. The predicted molar refractivity (Wildman–Crippen MR) is 82.0 cm³/mol. The van der Waals surface area contributed by atoms with E-state index in [1.165, 1.54) is 21.1 Å². The van der Waals surface area contributed by atoms with Gasteiger partial charge in [-0.3, -0.25) is 14.4 Å². The third-order valence-electron chi connectivity index (χ3n) is 3.91. The van der Waals surface area contributed by atoms with E-state index in [2.05, 4.69) is 11.8 Å². The van der Waals surface area contributed by atoms with Crippen LogP contribution >= 0.6 is 0 Å². The minimum absolute atomic E-state index is 0.0100. The van der Waals surface area contributed by atoms with Gasteiger partial charge in [-0.15, -0.1) is 11.8 Å². The van der Waals surface area contributed by atoms with Gasteiger partial charge in [-0.2, -0.15) is 0 Å². The zero-order valence-electron chi connectivity index (χ0n) is 13.9. The van der Waals surface area contributed by atoms with Crippen LogP contribution in [-0.2, 0) is 28.6 Å². The molecule has 0 heterocycles. The molecule has 0 fully saturated rings. The topological polar surface area (TPSA) is 78.9 Å². The second-order valence-corrected chi connectivity index (χ2v) is 5.27. The molecule has 0 amide bonds. The second-order valence-electron chi connectivity index (χ2n) is 5.27. The Morgan fingerprint density at radius 1 is 1.13 bits per heavy atom. The van der Waals surface area contributed by atoms with E-state index in [-0.39, 0.29) is 18.5 Å². The van der Waals surface area contributed by atoms with Gasteiger partial charge in [0.25, 0.3) is 0 Å². The van der Waals surface area contributed by atoms with Crippen molar-refractivity contribution in [3.63, 3.8) is 0 Å². The van der Waals surface area contributed by atoms with Gasteiger partial charge in [-0.05, 0) is 25.8 Å². The number of carbonyl (C=O) groups excluding carboxylic acids is 3. The summed E-state index contributed by atoms with van der Waals surface area (Å²) in [5.41, 5.74) is -1.51. The van der Waals surface area contributed by atoms with Crippen LogP contribution in [0.5, 0.6) is 0 Å². The first-order valence-electron chi connectivity index (χ1n) is 7.34. The second kappa shape index (κ2) is 8.37. The van der Waals surface area contributed by atoms with Crippen molar-refractivity contribution < 1.29 is 28.6 Å². The molecule has 0 bridgehead atoms. The molecule has 6 heteroatoms. The number of rotatable bonds is 5. The van der Waals surface area contributed by atoms with Crippen LogP contribution in [0.15, 0.2) is 12.2 Å². The van der Waals surface area contributed by atoms with Gasteiger partial charge in [0.2, 0.25) is 0 Å². The maximum absolute atomic E-state index is 12.4. The Kier molecular flexibility index (Phi) is 6.83. The van der Waals surface area contributed by atoms with E-state index >= 15 is 0 Å². The molecule has 1 rings (SSSR count). The summed E-state index contributed by atoms with van der Waals surface area (Å²) in [6, 6.07) is 0. The molecule has 1 aliphatic rings. The maximum atomic E-state index is 12.4. The lowest BCUT2D eigenvalue weighted by atomic mass is 9.69. The van der Waals surface area contributed by atoms with Gasteiger partial charge in [-0.25, -0.2) is 0 Å². The Morgan fingerprint density at radius 2 is 1.74 bits per heavy atom. The molecule has 0 aromatic carbocycles. The van der Waals surface area contributed by atoms with Crippen LogP contribution in [0.2, 0.25) is 0 Å². The number of hydrogen-bond acceptors (Lipinski definition) is 6. The molecule has 23 heavy (non-hydrogen) atoms. The zero-order chi connectivity index (χ0) is 17.5. The van der Waals surface area contributed by atoms with E-state index in [4.69, 9.17) is 14.2 Å². The van der Waals surface area contributed by atoms with Gasteiger partial charge in [0, 0.05) is 19.3 Å². The van der Waals surface area contributed by atoms with Crippen LogP contribution in [0.4, 0.5) is 0 Å². The fraction of sp³-hybridized carbons (Fsp3) is 0.588. The monoisotopic (exact) mass is 322 g/mol. The Bertz CT molecular complexity index is 535. The minimum Gasteiger partial charge on any atom is -0.468 e. The molecule has 1 aliphatic carbocycles. The van der Waals surface area contributed by atoms with Crippen LogP contribution in [0, 0.1) is 23.2 Å². The summed E-state index contributed by atoms with van der Waals surface area (Å²) < 4.78 is 14.8. The van der Waals surface area contributed by atoms with Crippen LogP contribution in [0.25, 0.3) is 0 Å². The van der Waals surface area contributed by atoms with Crippen LogP contribution in [-0.4, -0.2) is 38.2 Å². The average Bonchev–Trinajstić information content (AvgIpc) is 2.55. The van der Waals surface area contributed by atoms with E-state index in [0.717, 1.165) is 0 Å². The Labute approximate surface area is 136 Å². The summed E-state index contributed by atoms with van der Waals surface area (Å²) >= 11 is 0. The first-order chi connectivity index (χ1) is 10.9. The van der Waals surface area contributed by atoms with Gasteiger partial charge in [0.05, 0.1) is 14.2 Å². The first kappa shape index (κ1) is 18.8. The lowest BCUT2D eigenvalue weighted by molar-refractivity contribution is -0.173. The van der Waals surface area contributed by atoms with Crippen molar-refractivity contribution >= 4 is 17.9 Å². The van der Waals surface area contributed by atoms with Crippen molar-refractivity contribution in [1.29, 1.82) is 0 Å². The molecule has 0 N–H and O–H groups in total. The highest BCUT2D eigenvalue weighted by Gasteiger charge is 2.53. The summed E-state index contributed by atoms with van der Waals surface area (Å²) in [5.74, 6) is 3.33. The zero-order valence-corrected chi connectivity index (χ0v) is 13.9. The third-order valence-corrected chi connectivity index (χ3v) is 3.91. The number of ether oxygens (including phenoxy) is 3. The molecule has 0 saturated carbocycles. The lowest BCUT2D eigenvalue weighted by Gasteiger charge is -2.35. The molecule has 0 spiro atoms. The largest absolute Gasteiger partial charge is 0.468 e. The highest BCUT2D eigenvalue weighted by molar-refractivity contribution is 6.01. The van der Waals surface area contributed by atoms with Crippen molar-refractivity contribution in [2.45, 2.75) is 39.2 Å². The van der Waals surface area contributed by atoms with Crippen molar-refractivity contribution in [2.24, 2.45) is 11.3 Å². The lowest BCUT2D eigenvalue weighted by Crippen LogP contribution is -2.47. The maximum Gasteiger partial charge on any atom is 0.324 e. The molecular formula is C17H22O6. The Balaban J connectivity index is 3.18. The fourth-order valence-electron chi connectivity index (χ4n) is 2.77. The van der Waals surface area contributed by atoms with E-state index in [0.29, 0.717) is 12.8 Å². The van der Waals surface area contributed by atoms with E-state index < -0.39 is 23.3 Å². The quantitative estimate of drug-likeness (QED) is 0.252. The van der Waals surface area contributed by atoms with E-state index in [1.54, 1.807) is 19.1 Å². The molecule has 6 nitrogen and oxygen atoms in total. The summed E-state index contributed by atoms with van der Waals surface area (Å²) in [6.07, 6.45) is 4.04. The Morgan fingerprint density at radius 3 is 2.13 bits per heavy atom. The molecule has 0 aromatic heterocycles. The summed E-state index contributed by atoms with van der Waals surface area (Å²) in [7, 11) is 2.46. The Hall–Kier alpha value is -2.29. The van der Waals surface area contributed by atoms with Crippen molar-refractivity contribution in [3.05, 3.63) is 12.2 Å². The van der Waals surface area contributed by atoms with Crippen molar-refractivity contribution in [1.82, 2.24) is 0 Å². The molecule has 0 aromatic rings. The molecule has 0 radical (unpaired) electrons. The predicted octanol–water partition coefficient (Wildman–Crippen LogP) is 1.63. The SMILES string of the molecule is CC#CCC(C(=O)OC)(C(=O)OC)[C@H]1C=C[C@@H](OC(C)=O)CC1. The number of allylic oxidation sites excluding steroid dienone is 1. The van der Waals surface area contributed by atoms with Gasteiger partial charge < -0.3 is 14.2 Å². The number of esters is 3. The molecule has 0 unspecified atom stereocenters. The van der Waals surface area contributed by atoms with Gasteiger partial charge >= 0.3 is 17.9 Å². The van der Waals surface area contributed by atoms with Crippen molar-refractivity contribution in [3.8, 4) is 11.8 Å². The molecular weight excluding hydrogens is 300 g/mol. The summed E-state index contributed by atoms with van der Waals surface area (Å²) in [6.45, 7) is 2.97. The smallest absolute Gasteiger partial charge is 0.324 e. The number of hydrogen-bond donors (Lipinski definition) is 0. The fourth-order valence-corrected chi connectivity index (χ4v) is 2.77. The summed E-state index contributed by atoms with van der Waals surface area (Å²) in [4.78, 5) is 35.8. The van der Waals surface area contributed by atoms with E-state index in [9.17, 15) is 14.4 Å². The molecule has 0 aliphatic heterocycles. The van der Waals surface area contributed by atoms with Gasteiger partial charge in [-0.1, -0.05) is 6.08 Å². The average molecular weight is 322 g/mol.